The van der Waals surface area contributed by atoms with E-state index in [0.29, 0.717) is 27.8 Å². The number of nitrogens with one attached hydrogen (secondary N) is 1. The van der Waals surface area contributed by atoms with Gasteiger partial charge in [-0.15, -0.1) is 0 Å². The van der Waals surface area contributed by atoms with Gasteiger partial charge in [-0.2, -0.15) is 0 Å². The fraction of sp³-hybridized carbons (Fsp3) is 0.458. The molecule has 0 spiro atoms. The molecule has 172 valence electrons. The second-order valence-electron chi connectivity index (χ2n) is 9.12. The Kier molecular flexibility index (Phi) is 10.3. The molecule has 0 saturated carbocycles. The molecule has 0 aliphatic rings. The first-order valence-electron chi connectivity index (χ1n) is 10.3. The molecule has 0 aliphatic carbocycles. The van der Waals surface area contributed by atoms with E-state index >= 15 is 0 Å². The van der Waals surface area contributed by atoms with Gasteiger partial charge in [0.05, 0.1) is 16.9 Å². The molecule has 5 nitrogen and oxygen atoms in total. The SMILES string of the molecule is Cc1cc(C(C)(C)O)ccc1S(=O)(=O)NC(=O)Cc1c(C(C)C)cc(F)cc1C(C)C.[KH]. The van der Waals surface area contributed by atoms with Crippen molar-refractivity contribution in [1.29, 1.82) is 0 Å². The molecule has 32 heavy (non-hydrogen) atoms. The molecule has 2 aromatic rings. The first-order valence-corrected chi connectivity index (χ1v) is 11.8. The van der Waals surface area contributed by atoms with Crippen molar-refractivity contribution in [3.63, 3.8) is 0 Å². The Morgan fingerprint density at radius 1 is 1.06 bits per heavy atom. The van der Waals surface area contributed by atoms with Crippen LogP contribution in [-0.4, -0.2) is 70.8 Å². The van der Waals surface area contributed by atoms with Gasteiger partial charge in [0.2, 0.25) is 5.91 Å². The van der Waals surface area contributed by atoms with E-state index in [1.165, 1.54) is 24.3 Å². The second kappa shape index (κ2) is 11.2. The predicted octanol–water partition coefficient (Wildman–Crippen LogP) is 4.01. The fourth-order valence-electron chi connectivity index (χ4n) is 3.65. The summed E-state index contributed by atoms with van der Waals surface area (Å²) in [6.07, 6.45) is -0.165. The number of hydrogen-bond acceptors (Lipinski definition) is 4. The van der Waals surface area contributed by atoms with Gasteiger partial charge in [0.25, 0.3) is 10.0 Å². The van der Waals surface area contributed by atoms with Gasteiger partial charge in [-0.1, -0.05) is 39.8 Å². The first kappa shape index (κ1) is 29.4. The molecule has 0 aliphatic heterocycles. The van der Waals surface area contributed by atoms with Gasteiger partial charge < -0.3 is 5.11 Å². The zero-order valence-electron chi connectivity index (χ0n) is 19.2. The van der Waals surface area contributed by atoms with Gasteiger partial charge in [0.1, 0.15) is 5.82 Å². The summed E-state index contributed by atoms with van der Waals surface area (Å²) in [4.78, 5) is 12.7. The van der Waals surface area contributed by atoms with Crippen molar-refractivity contribution in [1.82, 2.24) is 4.72 Å². The van der Waals surface area contributed by atoms with Gasteiger partial charge in [0, 0.05) is 0 Å². The normalized spacial score (nSPS) is 12.1. The Hall–Kier alpha value is -0.614. The van der Waals surface area contributed by atoms with Crippen LogP contribution in [0.15, 0.2) is 35.2 Å². The molecular weight excluding hydrogens is 456 g/mol. The fourth-order valence-corrected chi connectivity index (χ4v) is 4.86. The maximum atomic E-state index is 14.1. The summed E-state index contributed by atoms with van der Waals surface area (Å²) in [5.41, 5.74) is 1.94. The molecule has 0 fully saturated rings. The van der Waals surface area contributed by atoms with E-state index in [1.54, 1.807) is 26.8 Å². The zero-order chi connectivity index (χ0) is 23.7. The average Bonchev–Trinajstić information content (AvgIpc) is 2.60. The van der Waals surface area contributed by atoms with Crippen LogP contribution >= 0.6 is 0 Å². The molecular formula is C24H33FKNO4S. The summed E-state index contributed by atoms with van der Waals surface area (Å²) in [5.74, 6) is -1.10. The molecule has 1 amide bonds. The molecule has 0 unspecified atom stereocenters. The van der Waals surface area contributed by atoms with Crippen LogP contribution in [0.1, 0.15) is 81.2 Å². The maximum absolute atomic E-state index is 14.1. The van der Waals surface area contributed by atoms with Gasteiger partial charge in [0.15, 0.2) is 0 Å². The quantitative estimate of drug-likeness (QED) is 0.576. The van der Waals surface area contributed by atoms with Crippen LogP contribution in [0.25, 0.3) is 0 Å². The van der Waals surface area contributed by atoms with Crippen molar-refractivity contribution in [2.75, 3.05) is 0 Å². The minimum absolute atomic E-state index is 0. The summed E-state index contributed by atoms with van der Waals surface area (Å²) in [7, 11) is -4.10. The number of hydrogen-bond donors (Lipinski definition) is 2. The van der Waals surface area contributed by atoms with Crippen molar-refractivity contribution >= 4 is 67.3 Å². The summed E-state index contributed by atoms with van der Waals surface area (Å²) in [5, 5.41) is 10.1. The van der Waals surface area contributed by atoms with Crippen molar-refractivity contribution in [2.45, 2.75) is 77.2 Å². The van der Waals surface area contributed by atoms with Gasteiger partial charge in [-0.05, 0) is 78.6 Å². The van der Waals surface area contributed by atoms with E-state index in [4.69, 9.17) is 0 Å². The number of benzene rings is 2. The minimum atomic E-state index is -4.10. The van der Waals surface area contributed by atoms with Crippen LogP contribution in [0, 0.1) is 12.7 Å². The summed E-state index contributed by atoms with van der Waals surface area (Å²) < 4.78 is 42.0. The first-order chi connectivity index (χ1) is 14.1. The predicted molar refractivity (Wildman–Crippen MR) is 127 cm³/mol. The zero-order valence-corrected chi connectivity index (χ0v) is 20.0. The number of rotatable bonds is 7. The Labute approximate surface area is 233 Å². The van der Waals surface area contributed by atoms with E-state index < -0.39 is 21.5 Å². The standard InChI is InChI=1S/C24H32FNO4S.K.H/c1-14(2)19-11-18(25)12-20(15(3)4)21(19)13-23(27)26-31(29,30)22-9-8-17(10-16(22)5)24(6,7)28;;/h8-12,14-15,28H,13H2,1-7H3,(H,26,27);;. The van der Waals surface area contributed by atoms with Crippen LogP contribution in [0.4, 0.5) is 4.39 Å². The van der Waals surface area contributed by atoms with Crippen LogP contribution in [0.2, 0.25) is 0 Å². The third-order valence-corrected chi connectivity index (χ3v) is 6.82. The van der Waals surface area contributed by atoms with Crippen LogP contribution in [0.5, 0.6) is 0 Å². The van der Waals surface area contributed by atoms with Crippen molar-refractivity contribution in [3.05, 3.63) is 64.0 Å². The topological polar surface area (TPSA) is 83.5 Å². The third kappa shape index (κ3) is 7.19. The van der Waals surface area contributed by atoms with E-state index in [9.17, 15) is 22.7 Å². The van der Waals surface area contributed by atoms with E-state index in [-0.39, 0.29) is 80.4 Å². The number of carbonyl (C=O) groups excluding carboxylic acids is 1. The number of aryl methyl sites for hydroxylation is 1. The van der Waals surface area contributed by atoms with Crippen molar-refractivity contribution in [2.24, 2.45) is 0 Å². The molecule has 0 atom stereocenters. The molecule has 8 heteroatoms. The average molecular weight is 490 g/mol. The van der Waals surface area contributed by atoms with Crippen LogP contribution in [-0.2, 0) is 26.8 Å². The molecule has 0 saturated heterocycles. The Morgan fingerprint density at radius 2 is 1.56 bits per heavy atom. The second-order valence-corrected chi connectivity index (χ2v) is 10.8. The molecule has 0 radical (unpaired) electrons. The number of amides is 1. The summed E-state index contributed by atoms with van der Waals surface area (Å²) in [6, 6.07) is 7.32. The molecule has 2 aromatic carbocycles. The Bertz CT molecular complexity index is 1060. The summed E-state index contributed by atoms with van der Waals surface area (Å²) >= 11 is 0. The van der Waals surface area contributed by atoms with Gasteiger partial charge in [-0.25, -0.2) is 17.5 Å². The van der Waals surface area contributed by atoms with E-state index in [0.717, 1.165) is 0 Å². The van der Waals surface area contributed by atoms with Crippen LogP contribution < -0.4 is 4.72 Å². The van der Waals surface area contributed by atoms with Gasteiger partial charge >= 0.3 is 51.4 Å². The van der Waals surface area contributed by atoms with E-state index in [2.05, 4.69) is 4.72 Å². The number of aliphatic hydroxyl groups is 1. The molecule has 0 aromatic heterocycles. The van der Waals surface area contributed by atoms with Crippen molar-refractivity contribution < 1.29 is 22.7 Å². The number of sulfonamides is 1. The van der Waals surface area contributed by atoms with Crippen LogP contribution in [0.3, 0.4) is 0 Å². The molecule has 0 heterocycles. The monoisotopic (exact) mass is 489 g/mol. The Balaban J connectivity index is 0.00000512. The third-order valence-electron chi connectivity index (χ3n) is 5.28. The molecule has 2 rings (SSSR count). The Morgan fingerprint density at radius 3 is 1.97 bits per heavy atom. The van der Waals surface area contributed by atoms with Gasteiger partial charge in [-0.3, -0.25) is 4.79 Å². The van der Waals surface area contributed by atoms with E-state index in [1.807, 2.05) is 27.7 Å². The number of carbonyl (C=O) groups is 1. The summed E-state index contributed by atoms with van der Waals surface area (Å²) in [6.45, 7) is 12.5. The molecule has 2 N–H and O–H groups in total. The van der Waals surface area contributed by atoms with Crippen molar-refractivity contribution in [3.8, 4) is 0 Å². The molecule has 0 bridgehead atoms. The number of halogens is 1.